The Labute approximate surface area is 68.5 Å². The fraction of sp³-hybridized carbons (Fsp3) is 0.600. The van der Waals surface area contributed by atoms with E-state index in [1.807, 2.05) is 12.2 Å². The van der Waals surface area contributed by atoms with Crippen LogP contribution in [0.15, 0.2) is 23.2 Å². The predicted octanol–water partition coefficient (Wildman–Crippen LogP) is 2.59. The average molecular weight is 149 g/mol. The van der Waals surface area contributed by atoms with Crippen LogP contribution in [0.4, 0.5) is 0 Å². The molecule has 0 aromatic heterocycles. The highest BCUT2D eigenvalue weighted by Gasteiger charge is 2.03. The van der Waals surface area contributed by atoms with Crippen LogP contribution in [0.3, 0.4) is 0 Å². The van der Waals surface area contributed by atoms with E-state index in [4.69, 9.17) is 0 Å². The molecule has 0 aliphatic carbocycles. The van der Waals surface area contributed by atoms with Crippen LogP contribution in [0.5, 0.6) is 0 Å². The molecule has 1 aliphatic rings. The van der Waals surface area contributed by atoms with E-state index in [0.717, 1.165) is 12.3 Å². The van der Waals surface area contributed by atoms with Gasteiger partial charge in [-0.2, -0.15) is 0 Å². The molecule has 60 valence electrons. The maximum atomic E-state index is 4.21. The Morgan fingerprint density at radius 1 is 1.55 bits per heavy atom. The highest BCUT2D eigenvalue weighted by Crippen LogP contribution is 2.11. The van der Waals surface area contributed by atoms with Gasteiger partial charge in [0.15, 0.2) is 0 Å². The molecule has 0 fully saturated rings. The summed E-state index contributed by atoms with van der Waals surface area (Å²) < 4.78 is 0. The van der Waals surface area contributed by atoms with Crippen molar-refractivity contribution in [1.29, 1.82) is 0 Å². The lowest BCUT2D eigenvalue weighted by atomic mass is 10.0. The first-order chi connectivity index (χ1) is 5.29. The largest absolute Gasteiger partial charge is 0.236 e. The number of hydrogen-bond acceptors (Lipinski definition) is 1. The maximum Gasteiger partial charge on any atom is 0.0777 e. The zero-order valence-corrected chi connectivity index (χ0v) is 7.25. The van der Waals surface area contributed by atoms with Crippen LogP contribution >= 0.6 is 0 Å². The van der Waals surface area contributed by atoms with E-state index in [-0.39, 0.29) is 0 Å². The first-order valence-electron chi connectivity index (χ1n) is 4.24. The maximum absolute atomic E-state index is 4.21. The van der Waals surface area contributed by atoms with Crippen LogP contribution in [0.2, 0.25) is 0 Å². The summed E-state index contributed by atoms with van der Waals surface area (Å²) >= 11 is 0. The molecule has 1 aliphatic heterocycles. The summed E-state index contributed by atoms with van der Waals surface area (Å²) in [4.78, 5) is 4.21. The summed E-state index contributed by atoms with van der Waals surface area (Å²) in [5, 5.41) is 0. The Bertz CT molecular complexity index is 195. The third-order valence-corrected chi connectivity index (χ3v) is 1.78. The monoisotopic (exact) mass is 149 g/mol. The fourth-order valence-electron chi connectivity index (χ4n) is 1.07. The minimum Gasteiger partial charge on any atom is -0.236 e. The summed E-state index contributed by atoms with van der Waals surface area (Å²) in [7, 11) is 0. The minimum absolute atomic E-state index is 0.391. The molecule has 0 saturated carbocycles. The van der Waals surface area contributed by atoms with Crippen molar-refractivity contribution in [3.8, 4) is 0 Å². The van der Waals surface area contributed by atoms with E-state index in [1.54, 1.807) is 0 Å². The Kier molecular flexibility index (Phi) is 3.13. The molecular weight excluding hydrogens is 134 g/mol. The molecule has 0 aromatic rings. The number of hydrogen-bond donors (Lipinski definition) is 0. The van der Waals surface area contributed by atoms with Gasteiger partial charge in [0.25, 0.3) is 0 Å². The molecule has 0 bridgehead atoms. The topological polar surface area (TPSA) is 12.4 Å². The van der Waals surface area contributed by atoms with Gasteiger partial charge in [0.2, 0.25) is 0 Å². The Morgan fingerprint density at radius 3 is 2.91 bits per heavy atom. The molecule has 0 N–H and O–H groups in total. The van der Waals surface area contributed by atoms with Crippen molar-refractivity contribution in [2.24, 2.45) is 10.9 Å². The molecular formula is C10H15N. The summed E-state index contributed by atoms with van der Waals surface area (Å²) in [6, 6.07) is 0.391. The standard InChI is InChI=1S/C10H15N/c1-9(2)6-7-10-5-3-4-8-11-10/h3-5,9-10H,6-7H2,1-2H3. The van der Waals surface area contributed by atoms with E-state index >= 15 is 0 Å². The Balaban J connectivity index is 2.28. The van der Waals surface area contributed by atoms with Crippen molar-refractivity contribution < 1.29 is 0 Å². The zero-order valence-electron chi connectivity index (χ0n) is 7.25. The molecule has 1 unspecified atom stereocenters. The summed E-state index contributed by atoms with van der Waals surface area (Å²) in [5.41, 5.74) is 0. The van der Waals surface area contributed by atoms with Crippen molar-refractivity contribution in [3.05, 3.63) is 18.2 Å². The summed E-state index contributed by atoms with van der Waals surface area (Å²) in [6.45, 7) is 4.48. The van der Waals surface area contributed by atoms with Gasteiger partial charge in [-0.25, -0.2) is 4.99 Å². The molecule has 0 amide bonds. The normalized spacial score (nSPS) is 21.5. The van der Waals surface area contributed by atoms with Crippen LogP contribution in [-0.4, -0.2) is 11.9 Å². The molecule has 0 radical (unpaired) electrons. The van der Waals surface area contributed by atoms with Crippen LogP contribution in [0, 0.1) is 5.92 Å². The lowest BCUT2D eigenvalue weighted by Gasteiger charge is -2.08. The predicted molar refractivity (Wildman–Crippen MR) is 49.0 cm³/mol. The third kappa shape index (κ3) is 3.20. The van der Waals surface area contributed by atoms with Crippen LogP contribution in [-0.2, 0) is 0 Å². The molecule has 11 heavy (non-hydrogen) atoms. The van der Waals surface area contributed by atoms with E-state index in [1.165, 1.54) is 6.42 Å². The van der Waals surface area contributed by atoms with Crippen LogP contribution in [0.1, 0.15) is 26.7 Å². The first kappa shape index (κ1) is 8.29. The van der Waals surface area contributed by atoms with Gasteiger partial charge in [-0.1, -0.05) is 26.0 Å². The highest BCUT2D eigenvalue weighted by molar-refractivity contribution is 5.57. The molecule has 1 rings (SSSR count). The van der Waals surface area contributed by atoms with Crippen LogP contribution in [0.25, 0.3) is 0 Å². The molecule has 1 atom stereocenters. The van der Waals surface area contributed by atoms with Gasteiger partial charge in [-0.15, -0.1) is 0 Å². The number of allylic oxidation sites excluding steroid dienone is 2. The lowest BCUT2D eigenvalue weighted by Crippen LogP contribution is -2.03. The smallest absolute Gasteiger partial charge is 0.0777 e. The van der Waals surface area contributed by atoms with Gasteiger partial charge in [0, 0.05) is 0 Å². The average Bonchev–Trinajstić information content (AvgIpc) is 2.03. The molecule has 1 heteroatoms. The highest BCUT2D eigenvalue weighted by atomic mass is 14.7. The second kappa shape index (κ2) is 4.15. The Hall–Kier alpha value is -0.810. The van der Waals surface area contributed by atoms with Gasteiger partial charge >= 0.3 is 0 Å². The van der Waals surface area contributed by atoms with E-state index in [0.29, 0.717) is 6.04 Å². The lowest BCUT2D eigenvalue weighted by molar-refractivity contribution is 0.533. The number of aliphatic imine (C=N–C) groups is 1. The zero-order chi connectivity index (χ0) is 8.10. The van der Waals surface area contributed by atoms with Gasteiger partial charge in [0.1, 0.15) is 0 Å². The van der Waals surface area contributed by atoms with Crippen molar-refractivity contribution in [2.75, 3.05) is 0 Å². The third-order valence-electron chi connectivity index (χ3n) is 1.78. The van der Waals surface area contributed by atoms with E-state index in [9.17, 15) is 0 Å². The summed E-state index contributed by atoms with van der Waals surface area (Å²) in [6.07, 6.45) is 8.43. The number of rotatable bonds is 3. The van der Waals surface area contributed by atoms with Gasteiger partial charge in [-0.3, -0.25) is 0 Å². The Morgan fingerprint density at radius 2 is 2.36 bits per heavy atom. The van der Waals surface area contributed by atoms with Gasteiger partial charge in [-0.05, 0) is 30.7 Å². The van der Waals surface area contributed by atoms with E-state index in [2.05, 4.69) is 30.8 Å². The molecule has 0 aromatic carbocycles. The van der Waals surface area contributed by atoms with Crippen molar-refractivity contribution in [1.82, 2.24) is 0 Å². The van der Waals surface area contributed by atoms with Gasteiger partial charge in [0.05, 0.1) is 6.04 Å². The van der Waals surface area contributed by atoms with Crippen molar-refractivity contribution in [3.63, 3.8) is 0 Å². The molecule has 1 nitrogen and oxygen atoms in total. The summed E-state index contributed by atoms with van der Waals surface area (Å²) in [5.74, 6) is 3.65. The first-order valence-corrected chi connectivity index (χ1v) is 4.24. The van der Waals surface area contributed by atoms with Gasteiger partial charge < -0.3 is 0 Å². The van der Waals surface area contributed by atoms with E-state index < -0.39 is 0 Å². The second-order valence-corrected chi connectivity index (χ2v) is 3.35. The van der Waals surface area contributed by atoms with Crippen molar-refractivity contribution >= 4 is 5.87 Å². The van der Waals surface area contributed by atoms with Crippen molar-refractivity contribution in [2.45, 2.75) is 32.7 Å². The fourth-order valence-corrected chi connectivity index (χ4v) is 1.07. The number of nitrogens with zero attached hydrogens (tertiary/aromatic N) is 1. The quantitative estimate of drug-likeness (QED) is 0.585. The molecule has 0 saturated heterocycles. The molecule has 0 spiro atoms. The SMILES string of the molecule is CC(C)CCC1C=CC=C=N1. The van der Waals surface area contributed by atoms with Crippen LogP contribution < -0.4 is 0 Å². The minimum atomic E-state index is 0.391. The second-order valence-electron chi connectivity index (χ2n) is 3.35. The molecule has 1 heterocycles.